The van der Waals surface area contributed by atoms with Gasteiger partial charge in [0.2, 0.25) is 5.91 Å². The molecular weight excluding hydrogens is 474 g/mol. The summed E-state index contributed by atoms with van der Waals surface area (Å²) in [6.07, 6.45) is 0. The average Bonchev–Trinajstić information content (AvgIpc) is 3.57. The van der Waals surface area contributed by atoms with E-state index in [1.54, 1.807) is 35.7 Å². The maximum absolute atomic E-state index is 12.7. The number of carbonyl (C=O) groups is 2. The lowest BCUT2D eigenvalue weighted by molar-refractivity contribution is -0.115. The fraction of sp³-hybridized carbons (Fsp3) is 0.0417. The zero-order chi connectivity index (χ0) is 23.2. The zero-order valence-electron chi connectivity index (χ0n) is 17.3. The van der Waals surface area contributed by atoms with Crippen molar-refractivity contribution in [3.05, 3.63) is 82.2 Å². The Morgan fingerprint density at radius 2 is 1.68 bits per heavy atom. The number of fused-ring (bicyclic) bond motifs is 2. The van der Waals surface area contributed by atoms with E-state index >= 15 is 0 Å². The molecule has 2 aromatic carbocycles. The highest BCUT2D eigenvalue weighted by Gasteiger charge is 2.33. The van der Waals surface area contributed by atoms with Gasteiger partial charge in [-0.05, 0) is 24.3 Å². The molecule has 0 radical (unpaired) electrons. The van der Waals surface area contributed by atoms with Gasteiger partial charge in [-0.3, -0.25) is 9.59 Å². The largest absolute Gasteiger partial charge is 0.451 e. The lowest BCUT2D eigenvalue weighted by Gasteiger charge is -2.11. The summed E-state index contributed by atoms with van der Waals surface area (Å²) in [6.45, 7) is 0. The number of thioether (sulfide) groups is 1. The van der Waals surface area contributed by atoms with Crippen LogP contribution in [0.15, 0.2) is 84.7 Å². The summed E-state index contributed by atoms with van der Waals surface area (Å²) in [5.41, 5.74) is 1.21. The molecule has 0 spiro atoms. The molecule has 5 aromatic rings. The summed E-state index contributed by atoms with van der Waals surface area (Å²) >= 11 is 2.32. The van der Waals surface area contributed by atoms with Crippen molar-refractivity contribution in [3.63, 3.8) is 0 Å². The monoisotopic (exact) mass is 487 g/mol. The summed E-state index contributed by atoms with van der Waals surface area (Å²) < 4.78 is 11.0. The highest BCUT2D eigenvalue weighted by Crippen LogP contribution is 2.33. The Hall–Kier alpha value is -4.02. The Morgan fingerprint density at radius 1 is 0.971 bits per heavy atom. The van der Waals surface area contributed by atoms with E-state index in [0.717, 1.165) is 22.5 Å². The standard InChI is InChI=1S/C24H13N3O5S2/c28-20-12-34-24(26-21(29)19-10-14-6-2-3-7-17(14)31-19)27(20)23-25-16(11-33-23)15-9-13-5-1-4-8-18(13)32-22(15)30/h1-11H,12H2. The van der Waals surface area contributed by atoms with Gasteiger partial charge in [0.05, 0.1) is 17.0 Å². The van der Waals surface area contributed by atoms with E-state index < -0.39 is 11.5 Å². The van der Waals surface area contributed by atoms with E-state index in [2.05, 4.69) is 9.98 Å². The second kappa shape index (κ2) is 8.08. The summed E-state index contributed by atoms with van der Waals surface area (Å²) in [6, 6.07) is 17.8. The zero-order valence-corrected chi connectivity index (χ0v) is 18.9. The number of amides is 2. The van der Waals surface area contributed by atoms with Gasteiger partial charge < -0.3 is 8.83 Å². The summed E-state index contributed by atoms with van der Waals surface area (Å²) in [5, 5.41) is 3.75. The normalized spacial score (nSPS) is 15.1. The first-order valence-electron chi connectivity index (χ1n) is 10.1. The fourth-order valence-electron chi connectivity index (χ4n) is 3.59. The van der Waals surface area contributed by atoms with Crippen LogP contribution in [-0.4, -0.2) is 27.7 Å². The molecule has 8 nitrogen and oxygen atoms in total. The van der Waals surface area contributed by atoms with Crippen LogP contribution in [-0.2, 0) is 4.79 Å². The maximum Gasteiger partial charge on any atom is 0.345 e. The quantitative estimate of drug-likeness (QED) is 0.332. The van der Waals surface area contributed by atoms with Crippen LogP contribution in [0.4, 0.5) is 5.13 Å². The van der Waals surface area contributed by atoms with Gasteiger partial charge in [-0.2, -0.15) is 4.99 Å². The topological polar surface area (TPSA) is 106 Å². The minimum atomic E-state index is -0.592. The first-order valence-corrected chi connectivity index (χ1v) is 12.0. The van der Waals surface area contributed by atoms with E-state index in [0.29, 0.717) is 22.0 Å². The molecule has 1 fully saturated rings. The molecule has 34 heavy (non-hydrogen) atoms. The minimum Gasteiger partial charge on any atom is -0.451 e. The first-order chi connectivity index (χ1) is 16.6. The van der Waals surface area contributed by atoms with Gasteiger partial charge in [0.25, 0.3) is 0 Å². The van der Waals surface area contributed by atoms with Crippen molar-refractivity contribution in [1.29, 1.82) is 0 Å². The number of carbonyl (C=O) groups excluding carboxylic acids is 2. The third kappa shape index (κ3) is 3.53. The molecule has 4 heterocycles. The highest BCUT2D eigenvalue weighted by molar-refractivity contribution is 8.15. The Labute approximate surface area is 199 Å². The summed E-state index contributed by atoms with van der Waals surface area (Å²) in [4.78, 5) is 47.8. The molecule has 10 heteroatoms. The molecule has 0 bridgehead atoms. The van der Waals surface area contributed by atoms with Crippen LogP contribution < -0.4 is 10.5 Å². The van der Waals surface area contributed by atoms with E-state index in [1.165, 1.54) is 16.2 Å². The number of aliphatic imine (C=N–C) groups is 1. The molecule has 6 rings (SSSR count). The van der Waals surface area contributed by atoms with Crippen molar-refractivity contribution >= 4 is 67.2 Å². The number of aromatic nitrogens is 1. The Kier molecular flexibility index (Phi) is 4.89. The number of anilines is 1. The SMILES string of the molecule is O=C(N=C1SCC(=O)N1c1nc(-c2cc3ccccc3oc2=O)cs1)c1cc2ccccc2o1. The van der Waals surface area contributed by atoms with Crippen LogP contribution in [0.2, 0.25) is 0 Å². The molecule has 166 valence electrons. The molecule has 0 unspecified atom stereocenters. The lowest BCUT2D eigenvalue weighted by Crippen LogP contribution is -2.29. The summed E-state index contributed by atoms with van der Waals surface area (Å²) in [7, 11) is 0. The van der Waals surface area contributed by atoms with Gasteiger partial charge in [-0.25, -0.2) is 14.7 Å². The van der Waals surface area contributed by atoms with Crippen molar-refractivity contribution in [2.75, 3.05) is 10.7 Å². The van der Waals surface area contributed by atoms with Crippen LogP contribution >= 0.6 is 23.1 Å². The molecule has 1 saturated heterocycles. The van der Waals surface area contributed by atoms with Gasteiger partial charge in [-0.1, -0.05) is 48.2 Å². The molecular formula is C24H13N3O5S2. The predicted octanol–water partition coefficient (Wildman–Crippen LogP) is 4.94. The smallest absolute Gasteiger partial charge is 0.345 e. The van der Waals surface area contributed by atoms with Crippen LogP contribution in [0.3, 0.4) is 0 Å². The minimum absolute atomic E-state index is 0.0854. The Balaban J connectivity index is 1.34. The number of nitrogens with zero attached hydrogens (tertiary/aromatic N) is 3. The van der Waals surface area contributed by atoms with Crippen LogP contribution in [0.5, 0.6) is 0 Å². The van der Waals surface area contributed by atoms with Crippen molar-refractivity contribution in [2.45, 2.75) is 0 Å². The molecule has 1 aliphatic rings. The first kappa shape index (κ1) is 20.6. The van der Waals surface area contributed by atoms with Crippen molar-refractivity contribution in [1.82, 2.24) is 4.98 Å². The van der Waals surface area contributed by atoms with Gasteiger partial charge in [-0.15, -0.1) is 11.3 Å². The molecule has 0 saturated carbocycles. The number of hydrogen-bond donors (Lipinski definition) is 0. The lowest BCUT2D eigenvalue weighted by atomic mass is 10.1. The van der Waals surface area contributed by atoms with Crippen LogP contribution in [0, 0.1) is 0 Å². The molecule has 0 N–H and O–H groups in total. The van der Waals surface area contributed by atoms with Crippen LogP contribution in [0.25, 0.3) is 33.2 Å². The number of benzene rings is 2. The summed E-state index contributed by atoms with van der Waals surface area (Å²) in [5.74, 6) is -0.639. The van der Waals surface area contributed by atoms with Gasteiger partial charge in [0.15, 0.2) is 16.1 Å². The van der Waals surface area contributed by atoms with Gasteiger partial charge in [0.1, 0.15) is 11.2 Å². The van der Waals surface area contributed by atoms with Crippen molar-refractivity contribution in [2.24, 2.45) is 4.99 Å². The van der Waals surface area contributed by atoms with Crippen molar-refractivity contribution < 1.29 is 18.4 Å². The predicted molar refractivity (Wildman–Crippen MR) is 132 cm³/mol. The second-order valence-electron chi connectivity index (χ2n) is 7.37. The molecule has 3 aromatic heterocycles. The fourth-order valence-corrected chi connectivity index (χ4v) is 5.34. The number of amidine groups is 1. The van der Waals surface area contributed by atoms with E-state index in [1.807, 2.05) is 30.3 Å². The average molecular weight is 488 g/mol. The maximum atomic E-state index is 12.7. The number of para-hydroxylation sites is 2. The van der Waals surface area contributed by atoms with Crippen molar-refractivity contribution in [3.8, 4) is 11.3 Å². The third-order valence-corrected chi connectivity index (χ3v) is 6.95. The van der Waals surface area contributed by atoms with Gasteiger partial charge >= 0.3 is 11.5 Å². The van der Waals surface area contributed by atoms with E-state index in [9.17, 15) is 14.4 Å². The number of thiazole rings is 1. The number of hydrogen-bond acceptors (Lipinski definition) is 8. The third-order valence-electron chi connectivity index (χ3n) is 5.20. The highest BCUT2D eigenvalue weighted by atomic mass is 32.2. The molecule has 0 aliphatic carbocycles. The van der Waals surface area contributed by atoms with Gasteiger partial charge in [0, 0.05) is 16.2 Å². The molecule has 1 aliphatic heterocycles. The molecule has 0 atom stereocenters. The number of furan rings is 1. The van der Waals surface area contributed by atoms with Crippen LogP contribution in [0.1, 0.15) is 10.6 Å². The second-order valence-corrected chi connectivity index (χ2v) is 9.15. The molecule has 2 amide bonds. The number of rotatable bonds is 3. The Bertz CT molecular complexity index is 1660. The van der Waals surface area contributed by atoms with E-state index in [4.69, 9.17) is 8.83 Å². The Morgan fingerprint density at radius 3 is 2.44 bits per heavy atom. The van der Waals surface area contributed by atoms with E-state index in [-0.39, 0.29) is 28.2 Å².